The summed E-state index contributed by atoms with van der Waals surface area (Å²) in [6.45, 7) is 0.691. The number of non-ortho nitro benzene ring substituents is 1. The number of nitrogens with zero attached hydrogens (tertiary/aromatic N) is 2. The van der Waals surface area contributed by atoms with Gasteiger partial charge < -0.3 is 11.1 Å². The van der Waals surface area contributed by atoms with Crippen molar-refractivity contribution in [3.63, 3.8) is 0 Å². The molecule has 0 spiro atoms. The molecule has 3 N–H and O–H groups in total. The number of benzene rings is 2. The first-order valence-corrected chi connectivity index (χ1v) is 10.1. The standard InChI is InChI=1S/C22H23ClN4O2/c23-16-3-6-19-20(9-12-25-21(19)13-16)22(24)10-7-17(8-11-22)26-14-15-1-4-18(5-2-15)27(28)29/h1-6,9,12-13,17,26H,7-8,10-11,14,24H2. The van der Waals surface area contributed by atoms with E-state index < -0.39 is 0 Å². The van der Waals surface area contributed by atoms with Crippen molar-refractivity contribution in [2.45, 2.75) is 43.8 Å². The molecular weight excluding hydrogens is 388 g/mol. The lowest BCUT2D eigenvalue weighted by Crippen LogP contribution is -2.45. The van der Waals surface area contributed by atoms with E-state index in [0.717, 1.165) is 47.7 Å². The molecule has 7 heteroatoms. The molecule has 1 saturated carbocycles. The summed E-state index contributed by atoms with van der Waals surface area (Å²) in [5.74, 6) is 0. The Balaban J connectivity index is 1.40. The lowest BCUT2D eigenvalue weighted by atomic mass is 9.74. The van der Waals surface area contributed by atoms with E-state index in [1.54, 1.807) is 24.3 Å². The van der Waals surface area contributed by atoms with Gasteiger partial charge in [-0.15, -0.1) is 0 Å². The van der Waals surface area contributed by atoms with Crippen LogP contribution in [0.3, 0.4) is 0 Å². The summed E-state index contributed by atoms with van der Waals surface area (Å²) in [7, 11) is 0. The van der Waals surface area contributed by atoms with Crippen LogP contribution in [0.4, 0.5) is 5.69 Å². The van der Waals surface area contributed by atoms with Crippen LogP contribution in [-0.2, 0) is 12.1 Å². The summed E-state index contributed by atoms with van der Waals surface area (Å²) in [6.07, 6.45) is 5.52. The molecule has 4 rings (SSSR count). The Bertz CT molecular complexity index is 1030. The summed E-state index contributed by atoms with van der Waals surface area (Å²) >= 11 is 6.11. The fraction of sp³-hybridized carbons (Fsp3) is 0.318. The Labute approximate surface area is 174 Å². The van der Waals surface area contributed by atoms with Crippen molar-refractivity contribution in [2.24, 2.45) is 5.73 Å². The van der Waals surface area contributed by atoms with Gasteiger partial charge in [0.1, 0.15) is 0 Å². The predicted molar refractivity (Wildman–Crippen MR) is 115 cm³/mol. The number of fused-ring (bicyclic) bond motifs is 1. The number of nitrogens with two attached hydrogens (primary N) is 1. The highest BCUT2D eigenvalue weighted by Crippen LogP contribution is 2.38. The second-order valence-electron chi connectivity index (χ2n) is 7.75. The molecule has 150 valence electrons. The number of hydrogen-bond acceptors (Lipinski definition) is 5. The first kappa shape index (κ1) is 19.8. The Morgan fingerprint density at radius 1 is 1.17 bits per heavy atom. The second-order valence-corrected chi connectivity index (χ2v) is 8.19. The molecule has 3 aromatic rings. The molecule has 6 nitrogen and oxygen atoms in total. The number of aromatic nitrogens is 1. The van der Waals surface area contributed by atoms with E-state index >= 15 is 0 Å². The fourth-order valence-corrected chi connectivity index (χ4v) is 4.33. The van der Waals surface area contributed by atoms with Crippen molar-refractivity contribution in [3.05, 3.63) is 81.0 Å². The highest BCUT2D eigenvalue weighted by molar-refractivity contribution is 6.31. The molecule has 0 bridgehead atoms. The third kappa shape index (κ3) is 4.24. The molecule has 1 fully saturated rings. The van der Waals surface area contributed by atoms with Crippen LogP contribution in [-0.4, -0.2) is 15.9 Å². The summed E-state index contributed by atoms with van der Waals surface area (Å²) in [6, 6.07) is 14.9. The van der Waals surface area contributed by atoms with Crippen molar-refractivity contribution in [1.29, 1.82) is 0 Å². The molecule has 1 aromatic heterocycles. The first-order chi connectivity index (χ1) is 13.9. The third-order valence-electron chi connectivity index (χ3n) is 5.86. The van der Waals surface area contributed by atoms with Crippen molar-refractivity contribution in [3.8, 4) is 0 Å². The number of nitro groups is 1. The van der Waals surface area contributed by atoms with Crippen molar-refractivity contribution < 1.29 is 4.92 Å². The van der Waals surface area contributed by atoms with Crippen LogP contribution < -0.4 is 11.1 Å². The molecule has 0 atom stereocenters. The largest absolute Gasteiger partial charge is 0.321 e. The first-order valence-electron chi connectivity index (χ1n) is 9.75. The van der Waals surface area contributed by atoms with Gasteiger partial charge in [-0.2, -0.15) is 0 Å². The normalized spacial score (nSPS) is 21.9. The third-order valence-corrected chi connectivity index (χ3v) is 6.10. The van der Waals surface area contributed by atoms with Gasteiger partial charge in [0.05, 0.1) is 10.4 Å². The molecule has 0 radical (unpaired) electrons. The van der Waals surface area contributed by atoms with Gasteiger partial charge in [0.2, 0.25) is 0 Å². The summed E-state index contributed by atoms with van der Waals surface area (Å²) in [5, 5.41) is 16.1. The Morgan fingerprint density at radius 3 is 2.59 bits per heavy atom. The summed E-state index contributed by atoms with van der Waals surface area (Å²) in [4.78, 5) is 14.8. The van der Waals surface area contributed by atoms with E-state index in [2.05, 4.69) is 10.3 Å². The number of pyridine rings is 1. The zero-order valence-electron chi connectivity index (χ0n) is 16.0. The zero-order valence-corrected chi connectivity index (χ0v) is 16.7. The molecule has 0 aliphatic heterocycles. The average Bonchev–Trinajstić information content (AvgIpc) is 2.73. The van der Waals surface area contributed by atoms with Gasteiger partial charge in [0.25, 0.3) is 5.69 Å². The van der Waals surface area contributed by atoms with Gasteiger partial charge in [-0.25, -0.2) is 0 Å². The molecule has 29 heavy (non-hydrogen) atoms. The monoisotopic (exact) mass is 410 g/mol. The molecule has 1 heterocycles. The smallest absolute Gasteiger partial charge is 0.269 e. The molecular formula is C22H23ClN4O2. The minimum absolute atomic E-state index is 0.116. The number of nitrogens with one attached hydrogen (secondary N) is 1. The average molecular weight is 411 g/mol. The lowest BCUT2D eigenvalue weighted by Gasteiger charge is -2.38. The molecule has 1 aliphatic carbocycles. The van der Waals surface area contributed by atoms with E-state index in [-0.39, 0.29) is 16.1 Å². The maximum Gasteiger partial charge on any atom is 0.269 e. The van der Waals surface area contributed by atoms with E-state index in [4.69, 9.17) is 17.3 Å². The predicted octanol–water partition coefficient (Wildman–Crippen LogP) is 4.68. The Morgan fingerprint density at radius 2 is 1.90 bits per heavy atom. The number of rotatable bonds is 5. The van der Waals surface area contributed by atoms with Crippen LogP contribution in [0, 0.1) is 10.1 Å². The summed E-state index contributed by atoms with van der Waals surface area (Å²) in [5.41, 5.74) is 9.63. The summed E-state index contributed by atoms with van der Waals surface area (Å²) < 4.78 is 0. The van der Waals surface area contributed by atoms with Crippen molar-refractivity contribution in [2.75, 3.05) is 0 Å². The minimum atomic E-state index is -0.379. The second kappa shape index (κ2) is 8.06. The molecule has 0 amide bonds. The van der Waals surface area contributed by atoms with Crippen molar-refractivity contribution >= 4 is 28.2 Å². The van der Waals surface area contributed by atoms with Crippen LogP contribution in [0.25, 0.3) is 10.9 Å². The van der Waals surface area contributed by atoms with Crippen LogP contribution >= 0.6 is 11.6 Å². The van der Waals surface area contributed by atoms with Crippen LogP contribution in [0.1, 0.15) is 36.8 Å². The molecule has 1 aliphatic rings. The Kier molecular flexibility index (Phi) is 5.50. The van der Waals surface area contributed by atoms with Gasteiger partial charge in [-0.05, 0) is 55.0 Å². The number of nitro benzene ring substituents is 1. The highest BCUT2D eigenvalue weighted by Gasteiger charge is 2.34. The van der Waals surface area contributed by atoms with Crippen molar-refractivity contribution in [1.82, 2.24) is 10.3 Å². The van der Waals surface area contributed by atoms with E-state index in [9.17, 15) is 10.1 Å². The topological polar surface area (TPSA) is 94.1 Å². The van der Waals surface area contributed by atoms with Gasteiger partial charge in [-0.3, -0.25) is 15.1 Å². The van der Waals surface area contributed by atoms with Gasteiger partial charge in [0, 0.05) is 46.9 Å². The maximum atomic E-state index is 10.8. The van der Waals surface area contributed by atoms with Crippen LogP contribution in [0.2, 0.25) is 5.02 Å². The lowest BCUT2D eigenvalue weighted by molar-refractivity contribution is -0.384. The van der Waals surface area contributed by atoms with E-state index in [0.29, 0.717) is 17.6 Å². The van der Waals surface area contributed by atoms with E-state index in [1.807, 2.05) is 30.5 Å². The zero-order chi connectivity index (χ0) is 20.4. The highest BCUT2D eigenvalue weighted by atomic mass is 35.5. The van der Waals surface area contributed by atoms with Gasteiger partial charge in [0.15, 0.2) is 0 Å². The minimum Gasteiger partial charge on any atom is -0.321 e. The number of hydrogen-bond donors (Lipinski definition) is 2. The molecule has 2 aromatic carbocycles. The maximum absolute atomic E-state index is 10.8. The van der Waals surface area contributed by atoms with Crippen LogP contribution in [0.15, 0.2) is 54.7 Å². The molecule has 0 saturated heterocycles. The van der Waals surface area contributed by atoms with Crippen LogP contribution in [0.5, 0.6) is 0 Å². The van der Waals surface area contributed by atoms with Gasteiger partial charge in [-0.1, -0.05) is 29.8 Å². The fourth-order valence-electron chi connectivity index (χ4n) is 4.16. The van der Waals surface area contributed by atoms with E-state index in [1.165, 1.54) is 0 Å². The molecule has 0 unspecified atom stereocenters. The quantitative estimate of drug-likeness (QED) is 0.470. The number of halogens is 1. The van der Waals surface area contributed by atoms with Gasteiger partial charge >= 0.3 is 0 Å². The SMILES string of the molecule is NC1(c2ccnc3cc(Cl)ccc23)CCC(NCc2ccc([N+](=O)[O-])cc2)CC1. The Hall–Kier alpha value is -2.54.